The van der Waals surface area contributed by atoms with Crippen LogP contribution in [0.15, 0.2) is 59.6 Å². The van der Waals surface area contributed by atoms with Crippen LogP contribution in [0, 0.1) is 0 Å². The van der Waals surface area contributed by atoms with Crippen molar-refractivity contribution in [3.05, 3.63) is 54.7 Å². The van der Waals surface area contributed by atoms with E-state index in [1.807, 2.05) is 24.3 Å². The highest BCUT2D eigenvalue weighted by Gasteiger charge is 2.16. The van der Waals surface area contributed by atoms with Crippen LogP contribution >= 0.6 is 0 Å². The molecule has 0 amide bonds. The van der Waals surface area contributed by atoms with Gasteiger partial charge in [0.25, 0.3) is 0 Å². The third kappa shape index (κ3) is 5.88. The lowest BCUT2D eigenvalue weighted by Crippen LogP contribution is -2.38. The number of sulfonamides is 1. The van der Waals surface area contributed by atoms with Crippen LogP contribution in [0.1, 0.15) is 6.42 Å². The molecule has 2 aromatic carbocycles. The Morgan fingerprint density at radius 3 is 2.60 bits per heavy atom. The first-order valence-corrected chi connectivity index (χ1v) is 13.0. The van der Waals surface area contributed by atoms with Crippen LogP contribution in [0.2, 0.25) is 0 Å². The molecule has 3 heterocycles. The summed E-state index contributed by atoms with van der Waals surface area (Å²) >= 11 is 0. The first-order chi connectivity index (χ1) is 17.1. The first kappa shape index (κ1) is 23.5. The number of hydrogen-bond donors (Lipinski definition) is 2. The molecule has 0 unspecified atom stereocenters. The third-order valence-electron chi connectivity index (χ3n) is 5.79. The van der Waals surface area contributed by atoms with Crippen LogP contribution in [0.25, 0.3) is 11.3 Å². The second-order valence-corrected chi connectivity index (χ2v) is 9.96. The van der Waals surface area contributed by atoms with Gasteiger partial charge < -0.3 is 19.5 Å². The first-order valence-electron chi connectivity index (χ1n) is 11.5. The molecule has 11 heteroatoms. The van der Waals surface area contributed by atoms with Gasteiger partial charge in [0.05, 0.1) is 23.8 Å². The molecule has 1 saturated heterocycles. The second-order valence-electron chi connectivity index (χ2n) is 8.19. The van der Waals surface area contributed by atoms with Crippen molar-refractivity contribution < 1.29 is 22.6 Å². The normalized spacial score (nSPS) is 15.8. The minimum atomic E-state index is -3.57. The highest BCUT2D eigenvalue weighted by Crippen LogP contribution is 2.35. The molecular weight excluding hydrogens is 470 g/mol. The second kappa shape index (κ2) is 10.6. The van der Waals surface area contributed by atoms with Crippen LogP contribution in [-0.4, -0.2) is 69.5 Å². The van der Waals surface area contributed by atoms with Gasteiger partial charge in [-0.05, 0) is 61.5 Å². The van der Waals surface area contributed by atoms with E-state index in [4.69, 9.17) is 14.2 Å². The molecule has 0 aliphatic carbocycles. The fourth-order valence-corrected chi connectivity index (χ4v) is 4.97. The van der Waals surface area contributed by atoms with Crippen LogP contribution in [0.3, 0.4) is 0 Å². The van der Waals surface area contributed by atoms with E-state index in [1.165, 1.54) is 0 Å². The van der Waals surface area contributed by atoms with E-state index >= 15 is 0 Å². The Bertz CT molecular complexity index is 1260. The fourth-order valence-electron chi connectivity index (χ4n) is 3.90. The molecule has 1 aromatic heterocycles. The number of aromatic nitrogens is 2. The van der Waals surface area contributed by atoms with Crippen LogP contribution in [0.4, 0.5) is 11.6 Å². The van der Waals surface area contributed by atoms with Gasteiger partial charge in [-0.3, -0.25) is 4.90 Å². The van der Waals surface area contributed by atoms with E-state index in [9.17, 15) is 8.42 Å². The molecule has 0 bridgehead atoms. The zero-order valence-electron chi connectivity index (χ0n) is 19.1. The summed E-state index contributed by atoms with van der Waals surface area (Å²) in [6, 6.07) is 14.0. The number of hydrogen-bond acceptors (Lipinski definition) is 9. The Labute approximate surface area is 204 Å². The highest BCUT2D eigenvalue weighted by molar-refractivity contribution is 7.89. The summed E-state index contributed by atoms with van der Waals surface area (Å²) in [5.41, 5.74) is 2.28. The van der Waals surface area contributed by atoms with Crippen molar-refractivity contribution in [2.75, 3.05) is 51.5 Å². The third-order valence-corrected chi connectivity index (χ3v) is 7.27. The van der Waals surface area contributed by atoms with E-state index in [1.54, 1.807) is 30.5 Å². The van der Waals surface area contributed by atoms with Crippen molar-refractivity contribution in [3.8, 4) is 22.8 Å². The number of anilines is 2. The number of ether oxygens (including phenoxy) is 3. The monoisotopic (exact) mass is 497 g/mol. The van der Waals surface area contributed by atoms with Crippen LogP contribution < -0.4 is 19.5 Å². The van der Waals surface area contributed by atoms with Crippen molar-refractivity contribution in [3.63, 3.8) is 0 Å². The summed E-state index contributed by atoms with van der Waals surface area (Å²) in [5, 5.41) is 3.12. The molecule has 3 aromatic rings. The molecule has 10 nitrogen and oxygen atoms in total. The Morgan fingerprint density at radius 2 is 1.77 bits per heavy atom. The van der Waals surface area contributed by atoms with Crippen molar-refractivity contribution in [1.82, 2.24) is 19.6 Å². The summed E-state index contributed by atoms with van der Waals surface area (Å²) < 4.78 is 44.1. The van der Waals surface area contributed by atoms with Gasteiger partial charge in [0, 0.05) is 37.1 Å². The average molecular weight is 498 g/mol. The van der Waals surface area contributed by atoms with Crippen molar-refractivity contribution >= 4 is 21.7 Å². The maximum atomic E-state index is 12.6. The number of fused-ring (bicyclic) bond motifs is 1. The van der Waals surface area contributed by atoms with E-state index < -0.39 is 10.0 Å². The molecule has 0 atom stereocenters. The number of morpholine rings is 1. The number of rotatable bonds is 9. The lowest BCUT2D eigenvalue weighted by molar-refractivity contribution is 0.0376. The van der Waals surface area contributed by atoms with Crippen LogP contribution in [-0.2, 0) is 14.8 Å². The van der Waals surface area contributed by atoms with E-state index in [0.29, 0.717) is 29.7 Å². The smallest absolute Gasteiger partial charge is 0.240 e. The van der Waals surface area contributed by atoms with Gasteiger partial charge in [-0.25, -0.2) is 23.1 Å². The Kier molecular flexibility index (Phi) is 7.09. The summed E-state index contributed by atoms with van der Waals surface area (Å²) in [5.74, 6) is 1.79. The van der Waals surface area contributed by atoms with Gasteiger partial charge in [0.2, 0.25) is 22.8 Å². The summed E-state index contributed by atoms with van der Waals surface area (Å²) in [4.78, 5) is 11.3. The standard InChI is InChI=1S/C24H27N5O5S/c30-35(31,26-9-1-11-29-12-14-32-15-13-29)20-5-3-19(4-6-20)27-24-25-10-8-21(28-24)18-2-7-22-23(16-18)34-17-33-22/h2-8,10,16,26H,1,9,11-15,17H2,(H,25,27,28). The number of nitrogens with zero attached hydrogens (tertiary/aromatic N) is 3. The highest BCUT2D eigenvalue weighted by atomic mass is 32.2. The van der Waals surface area contributed by atoms with Crippen molar-refractivity contribution in [1.29, 1.82) is 0 Å². The molecule has 1 fully saturated rings. The zero-order valence-corrected chi connectivity index (χ0v) is 20.0. The number of nitrogens with one attached hydrogen (secondary N) is 2. The van der Waals surface area contributed by atoms with Gasteiger partial charge in [-0.2, -0.15) is 0 Å². The Balaban J connectivity index is 1.18. The Morgan fingerprint density at radius 1 is 0.971 bits per heavy atom. The minimum Gasteiger partial charge on any atom is -0.454 e. The molecule has 0 radical (unpaired) electrons. The maximum absolute atomic E-state index is 12.6. The summed E-state index contributed by atoms with van der Waals surface area (Å²) in [6.45, 7) is 4.71. The fraction of sp³-hybridized carbons (Fsp3) is 0.333. The molecule has 0 spiro atoms. The van der Waals surface area contributed by atoms with E-state index in [2.05, 4.69) is 24.9 Å². The molecule has 2 aliphatic heterocycles. The van der Waals surface area contributed by atoms with Gasteiger partial charge in [-0.1, -0.05) is 0 Å². The average Bonchev–Trinajstić information content (AvgIpc) is 3.36. The summed E-state index contributed by atoms with van der Waals surface area (Å²) in [6.07, 6.45) is 2.41. The SMILES string of the molecule is O=S(=O)(NCCCN1CCOCC1)c1ccc(Nc2nccc(-c3ccc4c(c3)OCO4)n2)cc1. The predicted octanol–water partition coefficient (Wildman–Crippen LogP) is 2.62. The van der Waals surface area contributed by atoms with E-state index in [-0.39, 0.29) is 11.7 Å². The number of benzene rings is 2. The minimum absolute atomic E-state index is 0.212. The van der Waals surface area contributed by atoms with Crippen LogP contribution in [0.5, 0.6) is 11.5 Å². The van der Waals surface area contributed by atoms with E-state index in [0.717, 1.165) is 50.5 Å². The molecule has 2 N–H and O–H groups in total. The lowest BCUT2D eigenvalue weighted by atomic mass is 10.1. The maximum Gasteiger partial charge on any atom is 0.240 e. The summed E-state index contributed by atoms with van der Waals surface area (Å²) in [7, 11) is -3.57. The quantitative estimate of drug-likeness (QED) is 0.431. The van der Waals surface area contributed by atoms with Crippen molar-refractivity contribution in [2.24, 2.45) is 0 Å². The zero-order chi connectivity index (χ0) is 24.1. The molecule has 2 aliphatic rings. The molecule has 0 saturated carbocycles. The van der Waals surface area contributed by atoms with Gasteiger partial charge in [-0.15, -0.1) is 0 Å². The Hall–Kier alpha value is -3.25. The predicted molar refractivity (Wildman–Crippen MR) is 130 cm³/mol. The van der Waals surface area contributed by atoms with Gasteiger partial charge in [0.1, 0.15) is 0 Å². The topological polar surface area (TPSA) is 115 Å². The van der Waals surface area contributed by atoms with Crippen molar-refractivity contribution in [2.45, 2.75) is 11.3 Å². The molecule has 184 valence electrons. The molecular formula is C24H27N5O5S. The largest absolute Gasteiger partial charge is 0.454 e. The lowest BCUT2D eigenvalue weighted by Gasteiger charge is -2.26. The van der Waals surface area contributed by atoms with Gasteiger partial charge in [0.15, 0.2) is 11.5 Å². The molecule has 35 heavy (non-hydrogen) atoms. The van der Waals surface area contributed by atoms with Gasteiger partial charge >= 0.3 is 0 Å². The molecule has 5 rings (SSSR count).